The summed E-state index contributed by atoms with van der Waals surface area (Å²) in [5.41, 5.74) is -0.714. The van der Waals surface area contributed by atoms with E-state index in [1.165, 1.54) is 0 Å². The van der Waals surface area contributed by atoms with Crippen LogP contribution in [0.5, 0.6) is 0 Å². The van der Waals surface area contributed by atoms with Crippen molar-refractivity contribution in [1.29, 1.82) is 0 Å². The molecular formula is C32H42ClNO5. The highest BCUT2D eigenvalue weighted by atomic mass is 35.5. The zero-order chi connectivity index (χ0) is 27.7. The Morgan fingerprint density at radius 1 is 1.26 bits per heavy atom. The summed E-state index contributed by atoms with van der Waals surface area (Å²) in [6.45, 7) is 10.7. The van der Waals surface area contributed by atoms with E-state index in [0.717, 1.165) is 41.7 Å². The van der Waals surface area contributed by atoms with E-state index in [1.54, 1.807) is 0 Å². The Balaban J connectivity index is 1.31. The third-order valence-corrected chi connectivity index (χ3v) is 11.9. The monoisotopic (exact) mass is 555 g/mol. The number of halogens is 1. The summed E-state index contributed by atoms with van der Waals surface area (Å²) in [5, 5.41) is 11.9. The molecule has 9 atom stereocenters. The van der Waals surface area contributed by atoms with Gasteiger partial charge in [0.2, 0.25) is 0 Å². The molecule has 6 rings (SSSR count). The van der Waals surface area contributed by atoms with E-state index in [0.29, 0.717) is 44.6 Å². The number of benzene rings is 1. The highest BCUT2D eigenvalue weighted by molar-refractivity contribution is 6.31. The zero-order valence-corrected chi connectivity index (χ0v) is 24.3. The van der Waals surface area contributed by atoms with E-state index in [2.05, 4.69) is 38.7 Å². The number of hydrogen-bond acceptors (Lipinski definition) is 5. The Morgan fingerprint density at radius 3 is 2.72 bits per heavy atom. The van der Waals surface area contributed by atoms with Crippen LogP contribution in [0.1, 0.15) is 58.9 Å². The molecule has 39 heavy (non-hydrogen) atoms. The van der Waals surface area contributed by atoms with Crippen molar-refractivity contribution in [2.45, 2.75) is 72.3 Å². The molecule has 3 unspecified atom stereocenters. The molecule has 212 valence electrons. The third-order valence-electron chi connectivity index (χ3n) is 11.5. The van der Waals surface area contributed by atoms with E-state index in [-0.39, 0.29) is 23.8 Å². The molecule has 1 N–H and O–H groups in total. The van der Waals surface area contributed by atoms with E-state index in [9.17, 15) is 14.7 Å². The van der Waals surface area contributed by atoms with Crippen molar-refractivity contribution < 1.29 is 24.2 Å². The van der Waals surface area contributed by atoms with Crippen molar-refractivity contribution in [2.75, 3.05) is 19.8 Å². The Kier molecular flexibility index (Phi) is 6.81. The lowest BCUT2D eigenvalue weighted by molar-refractivity contribution is -0.229. The summed E-state index contributed by atoms with van der Waals surface area (Å²) in [6, 6.07) is 8.10. The number of ether oxygens (including phenoxy) is 2. The van der Waals surface area contributed by atoms with Crippen molar-refractivity contribution >= 4 is 23.9 Å². The first-order valence-electron chi connectivity index (χ1n) is 14.7. The quantitative estimate of drug-likeness (QED) is 0.321. The molecule has 0 amide bonds. The minimum atomic E-state index is -1.22. The van der Waals surface area contributed by atoms with Crippen LogP contribution in [0.4, 0.5) is 0 Å². The first-order valence-corrected chi connectivity index (χ1v) is 15.1. The first-order chi connectivity index (χ1) is 18.6. The molecule has 6 nitrogen and oxygen atoms in total. The smallest absolute Gasteiger partial charge is 0.315 e. The molecule has 1 aromatic rings. The number of carbonyl (C=O) groups excluding carboxylic acids is 1. The van der Waals surface area contributed by atoms with Crippen LogP contribution in [0.3, 0.4) is 0 Å². The topological polar surface area (TPSA) is 76.1 Å². The fourth-order valence-corrected chi connectivity index (χ4v) is 10.0. The summed E-state index contributed by atoms with van der Waals surface area (Å²) >= 11 is 6.46. The Morgan fingerprint density at radius 2 is 2.03 bits per heavy atom. The fraction of sp³-hybridized carbons (Fsp3) is 0.688. The van der Waals surface area contributed by atoms with Gasteiger partial charge in [0.05, 0.1) is 25.2 Å². The number of morpholine rings is 1. The van der Waals surface area contributed by atoms with Crippen LogP contribution >= 0.6 is 11.6 Å². The molecule has 0 spiro atoms. The molecular weight excluding hydrogens is 514 g/mol. The lowest BCUT2D eigenvalue weighted by atomic mass is 9.43. The number of fused-ring (bicyclic) bond motifs is 2. The Labute approximate surface area is 237 Å². The number of carboxylic acids is 1. The number of hydrogen-bond donors (Lipinski definition) is 1. The van der Waals surface area contributed by atoms with E-state index in [4.69, 9.17) is 21.1 Å². The minimum Gasteiger partial charge on any atom is -0.481 e. The van der Waals surface area contributed by atoms with Gasteiger partial charge in [-0.2, -0.15) is 0 Å². The van der Waals surface area contributed by atoms with Crippen LogP contribution < -0.4 is 0 Å². The molecule has 5 aliphatic rings. The largest absolute Gasteiger partial charge is 0.481 e. The number of carbonyl (C=O) groups is 2. The van der Waals surface area contributed by atoms with Gasteiger partial charge in [0, 0.05) is 23.0 Å². The van der Waals surface area contributed by atoms with Crippen LogP contribution in [-0.4, -0.2) is 54.4 Å². The van der Waals surface area contributed by atoms with Gasteiger partial charge >= 0.3 is 5.97 Å². The lowest BCUT2D eigenvalue weighted by Crippen LogP contribution is -2.64. The number of aliphatic carboxylic acids is 1. The maximum absolute atomic E-state index is 13.6. The van der Waals surface area contributed by atoms with E-state index < -0.39 is 28.5 Å². The van der Waals surface area contributed by atoms with Crippen molar-refractivity contribution in [2.24, 2.45) is 45.8 Å². The van der Waals surface area contributed by atoms with E-state index >= 15 is 0 Å². The van der Waals surface area contributed by atoms with Gasteiger partial charge in [-0.1, -0.05) is 68.6 Å². The summed E-state index contributed by atoms with van der Waals surface area (Å²) in [6.07, 6.45) is 6.25. The van der Waals surface area contributed by atoms with Crippen molar-refractivity contribution in [3.05, 3.63) is 46.5 Å². The molecule has 4 aliphatic carbocycles. The maximum Gasteiger partial charge on any atom is 0.315 e. The second-order valence-corrected chi connectivity index (χ2v) is 13.8. The Bertz CT molecular complexity index is 1180. The predicted octanol–water partition coefficient (Wildman–Crippen LogP) is 5.83. The number of rotatable bonds is 8. The van der Waals surface area contributed by atoms with Crippen LogP contribution in [-0.2, 0) is 25.6 Å². The second-order valence-electron chi connectivity index (χ2n) is 13.4. The molecule has 0 aromatic heterocycles. The van der Waals surface area contributed by atoms with Gasteiger partial charge < -0.3 is 19.4 Å². The van der Waals surface area contributed by atoms with Gasteiger partial charge in [0.1, 0.15) is 11.7 Å². The van der Waals surface area contributed by atoms with Crippen molar-refractivity contribution in [1.82, 2.24) is 4.90 Å². The normalized spacial score (nSPS) is 43.0. The third kappa shape index (κ3) is 3.63. The molecule has 3 saturated carbocycles. The summed E-state index contributed by atoms with van der Waals surface area (Å²) in [7, 11) is 0. The summed E-state index contributed by atoms with van der Waals surface area (Å²) in [4.78, 5) is 29.2. The first kappa shape index (κ1) is 27.4. The Hall–Kier alpha value is -1.73. The summed E-state index contributed by atoms with van der Waals surface area (Å²) in [5.74, 6) is 0.196. The molecule has 1 saturated heterocycles. The average molecular weight is 556 g/mol. The standard InChI is InChI=1S/C32H42ClNO5/c1-19(2)26-11-23-12-30(17-35)25-10-9-20(3)24(25)13-31(23,32(26,30)29(36)37)18-39-28-15-34(21(4)16-38-28)14-22-7-5-6-8-27(22)33/h5-8,11,17,19-21,23-25,28H,9-10,12-16,18H2,1-4H3,(H,36,37)/t20-,21-,23?,24-,25-,28+,30?,31?,32+/m1/s1. The molecule has 0 radical (unpaired) electrons. The summed E-state index contributed by atoms with van der Waals surface area (Å²) < 4.78 is 12.8. The van der Waals surface area contributed by atoms with Gasteiger partial charge in [-0.25, -0.2) is 0 Å². The second kappa shape index (κ2) is 9.68. The van der Waals surface area contributed by atoms with Gasteiger partial charge in [-0.3, -0.25) is 9.69 Å². The van der Waals surface area contributed by atoms with Gasteiger partial charge in [0.15, 0.2) is 6.29 Å². The number of carboxylic acid groups (broad SMARTS) is 1. The number of nitrogens with zero attached hydrogens (tertiary/aromatic N) is 1. The number of aldehydes is 1. The molecule has 4 bridgehead atoms. The highest BCUT2D eigenvalue weighted by Crippen LogP contribution is 2.82. The van der Waals surface area contributed by atoms with E-state index in [1.807, 2.05) is 24.3 Å². The fourth-order valence-electron chi connectivity index (χ4n) is 9.82. The minimum absolute atomic E-state index is 0.0238. The lowest BCUT2D eigenvalue weighted by Gasteiger charge is -2.58. The van der Waals surface area contributed by atoms with Crippen LogP contribution in [0.2, 0.25) is 5.02 Å². The molecule has 1 aromatic carbocycles. The zero-order valence-electron chi connectivity index (χ0n) is 23.6. The van der Waals surface area contributed by atoms with Crippen LogP contribution in [0.25, 0.3) is 0 Å². The molecule has 4 fully saturated rings. The van der Waals surface area contributed by atoms with Gasteiger partial charge in [-0.05, 0) is 67.4 Å². The highest BCUT2D eigenvalue weighted by Gasteiger charge is 2.84. The van der Waals surface area contributed by atoms with Crippen molar-refractivity contribution in [3.63, 3.8) is 0 Å². The predicted molar refractivity (Wildman–Crippen MR) is 149 cm³/mol. The molecule has 1 heterocycles. The molecule has 1 aliphatic heterocycles. The van der Waals surface area contributed by atoms with Crippen LogP contribution in [0.15, 0.2) is 35.9 Å². The van der Waals surface area contributed by atoms with Crippen molar-refractivity contribution in [3.8, 4) is 0 Å². The SMILES string of the molecule is CC(C)C1=CC2CC3(C=O)[C@@H]4CC[C@@H](C)[C@H]4CC2(CO[C@H]2CN(Cc4ccccc4Cl)[C@H](C)CO2)[C@]13C(=O)O. The van der Waals surface area contributed by atoms with Gasteiger partial charge in [0.25, 0.3) is 0 Å². The number of allylic oxidation sites excluding steroid dienone is 1. The van der Waals surface area contributed by atoms with Crippen LogP contribution in [0, 0.1) is 45.8 Å². The van der Waals surface area contributed by atoms with Gasteiger partial charge in [-0.15, -0.1) is 0 Å². The molecule has 7 heteroatoms. The average Bonchev–Trinajstić information content (AvgIpc) is 3.48. The maximum atomic E-state index is 13.6.